The van der Waals surface area contributed by atoms with Crippen LogP contribution in [0.2, 0.25) is 0 Å². The van der Waals surface area contributed by atoms with Crippen LogP contribution in [0.25, 0.3) is 11.4 Å². The van der Waals surface area contributed by atoms with Gasteiger partial charge in [-0.1, -0.05) is 12.1 Å². The largest absolute Gasteiger partial charge is 0.399 e. The van der Waals surface area contributed by atoms with E-state index in [9.17, 15) is 0 Å². The third-order valence-electron chi connectivity index (χ3n) is 2.78. The zero-order valence-corrected chi connectivity index (χ0v) is 10.1. The summed E-state index contributed by atoms with van der Waals surface area (Å²) in [6, 6.07) is 11.4. The summed E-state index contributed by atoms with van der Waals surface area (Å²) in [5, 5.41) is 11.8. The van der Waals surface area contributed by atoms with E-state index in [0.717, 1.165) is 22.6 Å². The predicted octanol–water partition coefficient (Wildman–Crippen LogP) is 1.37. The zero-order valence-electron chi connectivity index (χ0n) is 10.1. The fourth-order valence-electron chi connectivity index (χ4n) is 1.81. The van der Waals surface area contributed by atoms with Gasteiger partial charge < -0.3 is 5.73 Å². The molecule has 0 saturated carbocycles. The molecule has 0 unspecified atom stereocenters. The van der Waals surface area contributed by atoms with E-state index in [-0.39, 0.29) is 0 Å². The van der Waals surface area contributed by atoms with Crippen molar-refractivity contribution in [3.63, 3.8) is 0 Å². The number of nitrogens with zero attached hydrogens (tertiary/aromatic N) is 5. The lowest BCUT2D eigenvalue weighted by Gasteiger charge is -2.05. The van der Waals surface area contributed by atoms with E-state index in [1.54, 1.807) is 17.1 Å². The van der Waals surface area contributed by atoms with E-state index in [4.69, 9.17) is 5.73 Å². The van der Waals surface area contributed by atoms with Crippen molar-refractivity contribution < 1.29 is 0 Å². The first kappa shape index (κ1) is 11.3. The Kier molecular flexibility index (Phi) is 2.89. The Hall–Kier alpha value is -2.76. The van der Waals surface area contributed by atoms with Crippen LogP contribution in [-0.4, -0.2) is 25.2 Å². The summed E-state index contributed by atoms with van der Waals surface area (Å²) in [7, 11) is 0. The van der Waals surface area contributed by atoms with Gasteiger partial charge in [0.1, 0.15) is 0 Å². The molecular formula is C13H12N6. The Balaban J connectivity index is 1.91. The molecule has 6 nitrogen and oxygen atoms in total. The average Bonchev–Trinajstić information content (AvgIpc) is 2.90. The van der Waals surface area contributed by atoms with Gasteiger partial charge >= 0.3 is 0 Å². The number of aromatic nitrogens is 5. The van der Waals surface area contributed by atoms with E-state index >= 15 is 0 Å². The van der Waals surface area contributed by atoms with E-state index in [2.05, 4.69) is 20.5 Å². The van der Waals surface area contributed by atoms with Crippen LogP contribution in [0.4, 0.5) is 5.69 Å². The van der Waals surface area contributed by atoms with Gasteiger partial charge in [-0.15, -0.1) is 5.10 Å². The van der Waals surface area contributed by atoms with Crippen molar-refractivity contribution in [1.82, 2.24) is 25.2 Å². The molecule has 2 N–H and O–H groups in total. The highest BCUT2D eigenvalue weighted by molar-refractivity contribution is 5.53. The molecule has 2 aromatic heterocycles. The summed E-state index contributed by atoms with van der Waals surface area (Å²) in [5.41, 5.74) is 8.45. The van der Waals surface area contributed by atoms with Crippen molar-refractivity contribution in [3.8, 4) is 11.4 Å². The Bertz CT molecular complexity index is 659. The Morgan fingerprint density at radius 1 is 1.00 bits per heavy atom. The van der Waals surface area contributed by atoms with Crippen molar-refractivity contribution in [2.75, 3.05) is 5.73 Å². The molecule has 94 valence electrons. The molecule has 0 bridgehead atoms. The first-order valence-corrected chi connectivity index (χ1v) is 5.84. The third kappa shape index (κ3) is 2.42. The predicted molar refractivity (Wildman–Crippen MR) is 71.0 cm³/mol. The number of pyridine rings is 1. The fraction of sp³-hybridized carbons (Fsp3) is 0.0769. The second kappa shape index (κ2) is 4.85. The monoisotopic (exact) mass is 252 g/mol. The summed E-state index contributed by atoms with van der Waals surface area (Å²) in [5.74, 6) is 0.722. The van der Waals surface area contributed by atoms with Crippen LogP contribution in [-0.2, 0) is 6.54 Å². The van der Waals surface area contributed by atoms with Crippen molar-refractivity contribution in [2.24, 2.45) is 0 Å². The molecule has 0 fully saturated rings. The van der Waals surface area contributed by atoms with Crippen molar-refractivity contribution in [1.29, 1.82) is 0 Å². The van der Waals surface area contributed by atoms with Crippen LogP contribution in [0.3, 0.4) is 0 Å². The summed E-state index contributed by atoms with van der Waals surface area (Å²) in [6.45, 7) is 0.602. The lowest BCUT2D eigenvalue weighted by atomic mass is 10.2. The third-order valence-corrected chi connectivity index (χ3v) is 2.78. The SMILES string of the molecule is Nc1ccc(Cn2nnnc2-c2ccncc2)cc1. The fourth-order valence-corrected chi connectivity index (χ4v) is 1.81. The van der Waals surface area contributed by atoms with Gasteiger partial charge in [-0.2, -0.15) is 0 Å². The molecule has 6 heteroatoms. The first-order chi connectivity index (χ1) is 9.33. The van der Waals surface area contributed by atoms with Crippen molar-refractivity contribution in [2.45, 2.75) is 6.54 Å². The smallest absolute Gasteiger partial charge is 0.182 e. The van der Waals surface area contributed by atoms with E-state index in [1.165, 1.54) is 0 Å². The maximum atomic E-state index is 5.67. The van der Waals surface area contributed by atoms with E-state index in [0.29, 0.717) is 6.54 Å². The maximum absolute atomic E-state index is 5.67. The second-order valence-corrected chi connectivity index (χ2v) is 4.14. The van der Waals surface area contributed by atoms with Gasteiger partial charge in [0.2, 0.25) is 0 Å². The molecule has 0 aliphatic heterocycles. The number of nitrogen functional groups attached to an aromatic ring is 1. The lowest BCUT2D eigenvalue weighted by molar-refractivity contribution is 0.653. The molecule has 0 atom stereocenters. The Morgan fingerprint density at radius 3 is 2.47 bits per heavy atom. The normalized spacial score (nSPS) is 10.5. The number of hydrogen-bond donors (Lipinski definition) is 1. The van der Waals surface area contributed by atoms with Gasteiger partial charge in [0.25, 0.3) is 0 Å². The number of tetrazole rings is 1. The van der Waals surface area contributed by atoms with Gasteiger partial charge in [-0.25, -0.2) is 4.68 Å². The summed E-state index contributed by atoms with van der Waals surface area (Å²) >= 11 is 0. The van der Waals surface area contributed by atoms with Gasteiger partial charge in [-0.05, 0) is 40.3 Å². The van der Waals surface area contributed by atoms with Crippen LogP contribution in [0.5, 0.6) is 0 Å². The number of nitrogens with two attached hydrogens (primary N) is 1. The summed E-state index contributed by atoms with van der Waals surface area (Å²) in [4.78, 5) is 3.99. The maximum Gasteiger partial charge on any atom is 0.182 e. The number of anilines is 1. The lowest BCUT2D eigenvalue weighted by Crippen LogP contribution is -2.04. The molecular weight excluding hydrogens is 240 g/mol. The topological polar surface area (TPSA) is 82.5 Å². The average molecular weight is 252 g/mol. The molecule has 2 heterocycles. The van der Waals surface area contributed by atoms with Gasteiger partial charge in [0, 0.05) is 23.6 Å². The van der Waals surface area contributed by atoms with E-state index in [1.807, 2.05) is 36.4 Å². The minimum Gasteiger partial charge on any atom is -0.399 e. The minimum absolute atomic E-state index is 0.602. The molecule has 0 saturated heterocycles. The van der Waals surface area contributed by atoms with Gasteiger partial charge in [0.05, 0.1) is 6.54 Å². The molecule has 0 radical (unpaired) electrons. The molecule has 0 amide bonds. The summed E-state index contributed by atoms with van der Waals surface area (Å²) < 4.78 is 1.75. The molecule has 3 rings (SSSR count). The molecule has 1 aromatic carbocycles. The quantitative estimate of drug-likeness (QED) is 0.712. The first-order valence-electron chi connectivity index (χ1n) is 5.84. The van der Waals surface area contributed by atoms with Gasteiger partial charge in [0.15, 0.2) is 5.82 Å². The minimum atomic E-state index is 0.602. The van der Waals surface area contributed by atoms with Crippen LogP contribution in [0, 0.1) is 0 Å². The van der Waals surface area contributed by atoms with Crippen LogP contribution < -0.4 is 5.73 Å². The van der Waals surface area contributed by atoms with Crippen molar-refractivity contribution in [3.05, 3.63) is 54.4 Å². The number of rotatable bonds is 3. The molecule has 0 spiro atoms. The summed E-state index contributed by atoms with van der Waals surface area (Å²) in [6.07, 6.45) is 3.44. The molecule has 0 aliphatic rings. The number of hydrogen-bond acceptors (Lipinski definition) is 5. The standard InChI is InChI=1S/C13H12N6/c14-12-3-1-10(2-4-12)9-19-13(16-17-18-19)11-5-7-15-8-6-11/h1-8H,9,14H2. The Labute approximate surface area is 109 Å². The highest BCUT2D eigenvalue weighted by Gasteiger charge is 2.08. The van der Waals surface area contributed by atoms with Crippen LogP contribution in [0.15, 0.2) is 48.8 Å². The second-order valence-electron chi connectivity index (χ2n) is 4.14. The van der Waals surface area contributed by atoms with E-state index < -0.39 is 0 Å². The Morgan fingerprint density at radius 2 is 1.74 bits per heavy atom. The molecule has 19 heavy (non-hydrogen) atoms. The number of benzene rings is 1. The van der Waals surface area contributed by atoms with Crippen molar-refractivity contribution >= 4 is 5.69 Å². The molecule has 3 aromatic rings. The van der Waals surface area contributed by atoms with Crippen LogP contribution >= 0.6 is 0 Å². The highest BCUT2D eigenvalue weighted by Crippen LogP contribution is 2.15. The highest BCUT2D eigenvalue weighted by atomic mass is 15.5. The zero-order chi connectivity index (χ0) is 13.1. The molecule has 0 aliphatic carbocycles. The van der Waals surface area contributed by atoms with Gasteiger partial charge in [-0.3, -0.25) is 4.98 Å². The van der Waals surface area contributed by atoms with Crippen LogP contribution in [0.1, 0.15) is 5.56 Å².